The van der Waals surface area contributed by atoms with Crippen molar-refractivity contribution in [2.45, 2.75) is 38.2 Å². The lowest BCUT2D eigenvalue weighted by Crippen LogP contribution is -2.34. The van der Waals surface area contributed by atoms with Gasteiger partial charge in [-0.15, -0.1) is 0 Å². The number of rotatable bonds is 5. The van der Waals surface area contributed by atoms with Gasteiger partial charge in [0.05, 0.1) is 12.7 Å². The van der Waals surface area contributed by atoms with Crippen molar-refractivity contribution in [2.24, 2.45) is 0 Å². The molecule has 1 aliphatic heterocycles. The molecule has 23 heavy (non-hydrogen) atoms. The molecular formula is C15H17F2N3O2S. The van der Waals surface area contributed by atoms with Crippen LogP contribution in [0.5, 0.6) is 0 Å². The third-order valence-electron chi connectivity index (χ3n) is 3.82. The number of ether oxygens (including phenoxy) is 2. The molecule has 0 bridgehead atoms. The topological polar surface area (TPSA) is 52.1 Å². The van der Waals surface area contributed by atoms with Crippen LogP contribution in [0.4, 0.5) is 8.78 Å². The van der Waals surface area contributed by atoms with Gasteiger partial charge in [0, 0.05) is 5.56 Å². The summed E-state index contributed by atoms with van der Waals surface area (Å²) in [6.07, 6.45) is 3.11. The van der Waals surface area contributed by atoms with Crippen molar-refractivity contribution in [3.8, 4) is 0 Å². The van der Waals surface area contributed by atoms with Crippen LogP contribution in [-0.2, 0) is 21.8 Å². The van der Waals surface area contributed by atoms with Gasteiger partial charge >= 0.3 is 0 Å². The SMILES string of the molecule is CCCC1COC(Cn2[nH]cnc2=S)(c2ccc(F)c(F)c2)O1. The average Bonchev–Trinajstić information content (AvgIpc) is 3.11. The summed E-state index contributed by atoms with van der Waals surface area (Å²) >= 11 is 5.12. The molecule has 1 aromatic carbocycles. The maximum atomic E-state index is 13.7. The number of aromatic nitrogens is 3. The van der Waals surface area contributed by atoms with Gasteiger partial charge in [0.15, 0.2) is 11.6 Å². The molecule has 2 aromatic rings. The van der Waals surface area contributed by atoms with Crippen LogP contribution in [0.15, 0.2) is 24.5 Å². The summed E-state index contributed by atoms with van der Waals surface area (Å²) in [6, 6.07) is 3.63. The first-order valence-electron chi connectivity index (χ1n) is 7.41. The molecule has 2 heterocycles. The van der Waals surface area contributed by atoms with Crippen molar-refractivity contribution < 1.29 is 18.3 Å². The number of H-pyrrole nitrogens is 1. The van der Waals surface area contributed by atoms with Gasteiger partial charge < -0.3 is 9.47 Å². The second kappa shape index (κ2) is 6.46. The zero-order valence-corrected chi connectivity index (χ0v) is 13.4. The number of halogens is 2. The Balaban J connectivity index is 1.98. The fourth-order valence-electron chi connectivity index (χ4n) is 2.69. The second-order valence-electron chi connectivity index (χ2n) is 5.48. The minimum absolute atomic E-state index is 0.106. The van der Waals surface area contributed by atoms with Gasteiger partial charge in [-0.1, -0.05) is 19.4 Å². The van der Waals surface area contributed by atoms with E-state index in [1.54, 1.807) is 4.68 Å². The molecule has 0 saturated carbocycles. The zero-order valence-electron chi connectivity index (χ0n) is 12.6. The minimum Gasteiger partial charge on any atom is -0.342 e. The molecule has 0 spiro atoms. The normalized spacial score (nSPS) is 24.2. The predicted octanol–water partition coefficient (Wildman–Crippen LogP) is 3.29. The van der Waals surface area contributed by atoms with E-state index in [1.165, 1.54) is 12.4 Å². The minimum atomic E-state index is -1.22. The fraction of sp³-hybridized carbons (Fsp3) is 0.467. The molecule has 1 aromatic heterocycles. The lowest BCUT2D eigenvalue weighted by atomic mass is 10.1. The van der Waals surface area contributed by atoms with Crippen molar-refractivity contribution in [3.05, 3.63) is 46.5 Å². The van der Waals surface area contributed by atoms with E-state index >= 15 is 0 Å². The highest BCUT2D eigenvalue weighted by atomic mass is 32.1. The van der Waals surface area contributed by atoms with Gasteiger partial charge in [0.1, 0.15) is 12.9 Å². The first-order chi connectivity index (χ1) is 11.0. The second-order valence-corrected chi connectivity index (χ2v) is 5.84. The van der Waals surface area contributed by atoms with Crippen LogP contribution >= 0.6 is 12.2 Å². The number of hydrogen-bond donors (Lipinski definition) is 1. The summed E-state index contributed by atoms with van der Waals surface area (Å²) in [5.41, 5.74) is 0.409. The molecule has 8 heteroatoms. The van der Waals surface area contributed by atoms with Crippen LogP contribution in [0.2, 0.25) is 0 Å². The molecule has 2 unspecified atom stereocenters. The van der Waals surface area contributed by atoms with Crippen molar-refractivity contribution in [1.29, 1.82) is 0 Å². The summed E-state index contributed by atoms with van der Waals surface area (Å²) in [6.45, 7) is 2.61. The van der Waals surface area contributed by atoms with Gasteiger partial charge in [0.25, 0.3) is 0 Å². The van der Waals surface area contributed by atoms with E-state index in [4.69, 9.17) is 21.7 Å². The average molecular weight is 341 g/mol. The summed E-state index contributed by atoms with van der Waals surface area (Å²) in [4.78, 5) is 3.95. The monoisotopic (exact) mass is 341 g/mol. The highest BCUT2D eigenvalue weighted by Gasteiger charge is 2.44. The standard InChI is InChI=1S/C15H17F2N3O2S/c1-2-3-11-7-21-15(22-11,8-20-14(23)18-9-19-20)10-4-5-12(16)13(17)6-10/h4-6,9,11H,2-3,7-8H2,1H3,(H,18,19,23). The molecule has 0 radical (unpaired) electrons. The Hall–Kier alpha value is -1.64. The number of nitrogens with zero attached hydrogens (tertiary/aromatic N) is 2. The Morgan fingerprint density at radius 1 is 1.43 bits per heavy atom. The zero-order chi connectivity index (χ0) is 16.4. The smallest absolute Gasteiger partial charge is 0.215 e. The summed E-state index contributed by atoms with van der Waals surface area (Å²) in [5.74, 6) is -3.08. The van der Waals surface area contributed by atoms with Crippen molar-refractivity contribution in [1.82, 2.24) is 14.8 Å². The number of hydrogen-bond acceptors (Lipinski definition) is 4. The van der Waals surface area contributed by atoms with E-state index < -0.39 is 17.4 Å². The van der Waals surface area contributed by atoms with Crippen LogP contribution in [0.25, 0.3) is 0 Å². The van der Waals surface area contributed by atoms with E-state index in [0.29, 0.717) is 16.9 Å². The molecule has 1 fully saturated rings. The van der Waals surface area contributed by atoms with Gasteiger partial charge in [-0.05, 0) is 30.8 Å². The highest BCUT2D eigenvalue weighted by Crippen LogP contribution is 2.37. The summed E-state index contributed by atoms with van der Waals surface area (Å²) < 4.78 is 40.8. The van der Waals surface area contributed by atoms with Gasteiger partial charge in [0.2, 0.25) is 10.6 Å². The highest BCUT2D eigenvalue weighted by molar-refractivity contribution is 7.71. The van der Waals surface area contributed by atoms with E-state index in [-0.39, 0.29) is 12.6 Å². The van der Waals surface area contributed by atoms with Gasteiger partial charge in [-0.25, -0.2) is 13.8 Å². The molecule has 2 atom stereocenters. The predicted molar refractivity (Wildman–Crippen MR) is 81.2 cm³/mol. The molecule has 0 aliphatic carbocycles. The largest absolute Gasteiger partial charge is 0.342 e. The fourth-order valence-corrected chi connectivity index (χ4v) is 2.86. The van der Waals surface area contributed by atoms with Crippen LogP contribution in [0.3, 0.4) is 0 Å². The van der Waals surface area contributed by atoms with E-state index in [0.717, 1.165) is 25.0 Å². The Kier molecular flexibility index (Phi) is 4.56. The van der Waals surface area contributed by atoms with Gasteiger partial charge in [-0.2, -0.15) is 0 Å². The molecule has 5 nitrogen and oxygen atoms in total. The summed E-state index contributed by atoms with van der Waals surface area (Å²) in [5, 5.41) is 2.87. The Bertz CT molecular complexity index is 748. The molecule has 124 valence electrons. The molecule has 0 amide bonds. The van der Waals surface area contributed by atoms with Crippen LogP contribution in [0.1, 0.15) is 25.3 Å². The first-order valence-corrected chi connectivity index (χ1v) is 7.82. The molecule has 1 saturated heterocycles. The Morgan fingerprint density at radius 3 is 2.91 bits per heavy atom. The first kappa shape index (κ1) is 16.2. The van der Waals surface area contributed by atoms with Crippen molar-refractivity contribution in [3.63, 3.8) is 0 Å². The lowest BCUT2D eigenvalue weighted by Gasteiger charge is -2.28. The van der Waals surface area contributed by atoms with E-state index in [2.05, 4.69) is 10.1 Å². The Labute approximate surface area is 137 Å². The Morgan fingerprint density at radius 2 is 2.26 bits per heavy atom. The maximum Gasteiger partial charge on any atom is 0.215 e. The third-order valence-corrected chi connectivity index (χ3v) is 4.14. The maximum absolute atomic E-state index is 13.7. The van der Waals surface area contributed by atoms with Crippen LogP contribution in [-0.4, -0.2) is 27.5 Å². The van der Waals surface area contributed by atoms with Crippen LogP contribution < -0.4 is 0 Å². The van der Waals surface area contributed by atoms with Crippen molar-refractivity contribution in [2.75, 3.05) is 6.61 Å². The third kappa shape index (κ3) is 3.19. The molecule has 1 aliphatic rings. The van der Waals surface area contributed by atoms with Gasteiger partial charge in [-0.3, -0.25) is 9.78 Å². The number of nitrogens with one attached hydrogen (secondary N) is 1. The van der Waals surface area contributed by atoms with E-state index in [1.807, 2.05) is 6.92 Å². The molecular weight excluding hydrogens is 324 g/mol. The van der Waals surface area contributed by atoms with Crippen molar-refractivity contribution >= 4 is 12.2 Å². The number of aromatic amines is 1. The van der Waals surface area contributed by atoms with Crippen LogP contribution in [0, 0.1) is 16.4 Å². The lowest BCUT2D eigenvalue weighted by molar-refractivity contribution is -0.189. The van der Waals surface area contributed by atoms with E-state index in [9.17, 15) is 8.78 Å². The quantitative estimate of drug-likeness (QED) is 0.848. The summed E-state index contributed by atoms with van der Waals surface area (Å²) in [7, 11) is 0. The number of benzene rings is 1. The molecule has 1 N–H and O–H groups in total. The molecule has 3 rings (SSSR count).